The molecule has 0 atom stereocenters. The molecular formula is C23H23N3O3S. The molecule has 4 rings (SSSR count). The van der Waals surface area contributed by atoms with Gasteiger partial charge in [-0.15, -0.1) is 0 Å². The summed E-state index contributed by atoms with van der Waals surface area (Å²) in [5.41, 5.74) is 4.90. The highest BCUT2D eigenvalue weighted by Gasteiger charge is 2.17. The SMILES string of the molecule is CS(=O)(=O)Nc1ccc(/C=C/C(=O)N2CC=C(c3c[nH]c4ccccc34)CC2)cc1. The smallest absolute Gasteiger partial charge is 0.246 e. The second kappa shape index (κ2) is 8.20. The molecule has 2 N–H and O–H groups in total. The van der Waals surface area contributed by atoms with Crippen molar-refractivity contribution in [2.75, 3.05) is 24.1 Å². The minimum atomic E-state index is -3.30. The fourth-order valence-electron chi connectivity index (χ4n) is 3.60. The van der Waals surface area contributed by atoms with Crippen LogP contribution in [-0.2, 0) is 14.8 Å². The minimum Gasteiger partial charge on any atom is -0.361 e. The lowest BCUT2D eigenvalue weighted by molar-refractivity contribution is -0.125. The number of benzene rings is 2. The number of amides is 1. The maximum absolute atomic E-state index is 12.5. The molecular weight excluding hydrogens is 398 g/mol. The molecule has 1 amide bonds. The molecule has 0 saturated carbocycles. The Kier molecular flexibility index (Phi) is 5.46. The van der Waals surface area contributed by atoms with Crippen molar-refractivity contribution in [1.29, 1.82) is 0 Å². The molecule has 0 radical (unpaired) electrons. The number of carbonyl (C=O) groups excluding carboxylic acids is 1. The van der Waals surface area contributed by atoms with Gasteiger partial charge in [-0.1, -0.05) is 36.4 Å². The number of carbonyl (C=O) groups is 1. The molecule has 3 aromatic rings. The second-order valence-corrected chi connectivity index (χ2v) is 9.09. The van der Waals surface area contributed by atoms with Crippen LogP contribution in [0.3, 0.4) is 0 Å². The van der Waals surface area contributed by atoms with E-state index in [0.29, 0.717) is 18.8 Å². The van der Waals surface area contributed by atoms with Crippen molar-refractivity contribution < 1.29 is 13.2 Å². The Bertz CT molecular complexity index is 1240. The zero-order valence-corrected chi connectivity index (χ0v) is 17.4. The summed E-state index contributed by atoms with van der Waals surface area (Å²) in [7, 11) is -3.30. The van der Waals surface area contributed by atoms with Gasteiger partial charge in [0, 0.05) is 47.5 Å². The number of fused-ring (bicyclic) bond motifs is 1. The number of hydrogen-bond acceptors (Lipinski definition) is 3. The van der Waals surface area contributed by atoms with E-state index in [-0.39, 0.29) is 5.91 Å². The number of nitrogens with one attached hydrogen (secondary N) is 2. The van der Waals surface area contributed by atoms with E-state index in [1.54, 1.807) is 36.4 Å². The number of rotatable bonds is 5. The van der Waals surface area contributed by atoms with Gasteiger partial charge in [0.15, 0.2) is 0 Å². The van der Waals surface area contributed by atoms with Gasteiger partial charge < -0.3 is 9.88 Å². The van der Waals surface area contributed by atoms with E-state index in [0.717, 1.165) is 23.8 Å². The lowest BCUT2D eigenvalue weighted by Gasteiger charge is -2.25. The van der Waals surface area contributed by atoms with Gasteiger partial charge in [-0.05, 0) is 41.8 Å². The van der Waals surface area contributed by atoms with E-state index in [9.17, 15) is 13.2 Å². The van der Waals surface area contributed by atoms with Crippen LogP contribution in [0.5, 0.6) is 0 Å². The van der Waals surface area contributed by atoms with Crippen LogP contribution in [-0.4, -0.2) is 43.6 Å². The molecule has 0 fully saturated rings. The summed E-state index contributed by atoms with van der Waals surface area (Å²) >= 11 is 0. The largest absolute Gasteiger partial charge is 0.361 e. The second-order valence-electron chi connectivity index (χ2n) is 7.34. The molecule has 30 heavy (non-hydrogen) atoms. The first-order chi connectivity index (χ1) is 14.4. The molecule has 1 aliphatic heterocycles. The summed E-state index contributed by atoms with van der Waals surface area (Å²) in [6.45, 7) is 1.25. The van der Waals surface area contributed by atoms with Crippen LogP contribution in [0.25, 0.3) is 22.6 Å². The van der Waals surface area contributed by atoms with Crippen molar-refractivity contribution in [1.82, 2.24) is 9.88 Å². The Labute approximate surface area is 176 Å². The summed E-state index contributed by atoms with van der Waals surface area (Å²) in [5.74, 6) is -0.0393. The Morgan fingerprint density at radius 2 is 1.90 bits per heavy atom. The lowest BCUT2D eigenvalue weighted by Crippen LogP contribution is -2.33. The van der Waals surface area contributed by atoms with Gasteiger partial charge in [-0.2, -0.15) is 0 Å². The zero-order valence-electron chi connectivity index (χ0n) is 16.6. The molecule has 0 aliphatic carbocycles. The van der Waals surface area contributed by atoms with Gasteiger partial charge in [-0.25, -0.2) is 8.42 Å². The number of hydrogen-bond donors (Lipinski definition) is 2. The number of para-hydroxylation sites is 1. The summed E-state index contributed by atoms with van der Waals surface area (Å²) < 4.78 is 24.9. The lowest BCUT2D eigenvalue weighted by atomic mass is 9.99. The average Bonchev–Trinajstić information content (AvgIpc) is 3.16. The third kappa shape index (κ3) is 4.63. The Morgan fingerprint density at radius 3 is 2.60 bits per heavy atom. The fourth-order valence-corrected chi connectivity index (χ4v) is 4.16. The molecule has 1 aliphatic rings. The van der Waals surface area contributed by atoms with Gasteiger partial charge in [0.25, 0.3) is 0 Å². The molecule has 0 unspecified atom stereocenters. The molecule has 2 heterocycles. The first-order valence-electron chi connectivity index (χ1n) is 9.69. The van der Waals surface area contributed by atoms with Gasteiger partial charge in [0.2, 0.25) is 15.9 Å². The fraction of sp³-hybridized carbons (Fsp3) is 0.174. The predicted octanol–water partition coefficient (Wildman–Crippen LogP) is 3.87. The molecule has 2 aromatic carbocycles. The Morgan fingerprint density at radius 1 is 1.13 bits per heavy atom. The minimum absolute atomic E-state index is 0.0393. The third-order valence-corrected chi connectivity index (χ3v) is 5.69. The molecule has 0 saturated heterocycles. The van der Waals surface area contributed by atoms with Gasteiger partial charge >= 0.3 is 0 Å². The Balaban J connectivity index is 1.39. The van der Waals surface area contributed by atoms with Crippen molar-refractivity contribution in [3.05, 3.63) is 78.0 Å². The first-order valence-corrected chi connectivity index (χ1v) is 11.6. The van der Waals surface area contributed by atoms with Gasteiger partial charge in [0.05, 0.1) is 6.26 Å². The molecule has 1 aromatic heterocycles. The van der Waals surface area contributed by atoms with Crippen LogP contribution < -0.4 is 4.72 Å². The van der Waals surface area contributed by atoms with E-state index in [1.807, 2.05) is 23.2 Å². The third-order valence-electron chi connectivity index (χ3n) is 5.09. The topological polar surface area (TPSA) is 82.3 Å². The molecule has 6 nitrogen and oxygen atoms in total. The summed E-state index contributed by atoms with van der Waals surface area (Å²) in [5, 5.41) is 1.21. The number of aromatic amines is 1. The van der Waals surface area contributed by atoms with Gasteiger partial charge in [-0.3, -0.25) is 9.52 Å². The van der Waals surface area contributed by atoms with E-state index < -0.39 is 10.0 Å². The summed E-state index contributed by atoms with van der Waals surface area (Å²) in [6.07, 6.45) is 9.38. The van der Waals surface area contributed by atoms with E-state index in [2.05, 4.69) is 27.9 Å². The summed E-state index contributed by atoms with van der Waals surface area (Å²) in [4.78, 5) is 17.7. The van der Waals surface area contributed by atoms with Crippen molar-refractivity contribution in [3.63, 3.8) is 0 Å². The van der Waals surface area contributed by atoms with E-state index in [1.165, 1.54) is 16.5 Å². The van der Waals surface area contributed by atoms with Crippen LogP contribution in [0.2, 0.25) is 0 Å². The number of anilines is 1. The van der Waals surface area contributed by atoms with Crippen LogP contribution in [0, 0.1) is 0 Å². The summed E-state index contributed by atoms with van der Waals surface area (Å²) in [6, 6.07) is 15.1. The quantitative estimate of drug-likeness (QED) is 0.614. The molecule has 7 heteroatoms. The van der Waals surface area contributed by atoms with Crippen LogP contribution in [0.4, 0.5) is 5.69 Å². The van der Waals surface area contributed by atoms with Crippen LogP contribution in [0.15, 0.2) is 66.9 Å². The zero-order chi connectivity index (χ0) is 21.1. The highest BCUT2D eigenvalue weighted by molar-refractivity contribution is 7.92. The standard InChI is InChI=1S/C23H23N3O3S/c1-30(28,29)25-19-9-6-17(7-10-19)8-11-23(27)26-14-12-18(13-15-26)21-16-24-22-5-3-2-4-20(21)22/h2-12,16,24-25H,13-15H2,1H3/b11-8+. The number of aromatic nitrogens is 1. The van der Waals surface area contributed by atoms with Crippen molar-refractivity contribution in [2.24, 2.45) is 0 Å². The maximum Gasteiger partial charge on any atom is 0.246 e. The molecule has 0 spiro atoms. The average molecular weight is 422 g/mol. The van der Waals surface area contributed by atoms with E-state index in [4.69, 9.17) is 0 Å². The van der Waals surface area contributed by atoms with Gasteiger partial charge in [0.1, 0.15) is 0 Å². The number of H-pyrrole nitrogens is 1. The number of sulfonamides is 1. The predicted molar refractivity (Wildman–Crippen MR) is 121 cm³/mol. The molecule has 154 valence electrons. The van der Waals surface area contributed by atoms with Crippen LogP contribution in [0.1, 0.15) is 17.5 Å². The maximum atomic E-state index is 12.5. The van der Waals surface area contributed by atoms with Crippen LogP contribution >= 0.6 is 0 Å². The Hall–Kier alpha value is -3.32. The van der Waals surface area contributed by atoms with Crippen molar-refractivity contribution in [3.8, 4) is 0 Å². The number of nitrogens with zero attached hydrogens (tertiary/aromatic N) is 1. The van der Waals surface area contributed by atoms with Crippen molar-refractivity contribution in [2.45, 2.75) is 6.42 Å². The highest BCUT2D eigenvalue weighted by Crippen LogP contribution is 2.29. The first kappa shape index (κ1) is 20.0. The monoisotopic (exact) mass is 421 g/mol. The van der Waals surface area contributed by atoms with E-state index >= 15 is 0 Å². The molecule has 0 bridgehead atoms. The normalized spacial score (nSPS) is 14.8. The van der Waals surface area contributed by atoms with Crippen molar-refractivity contribution >= 4 is 44.2 Å². The highest BCUT2D eigenvalue weighted by atomic mass is 32.2.